The first-order chi connectivity index (χ1) is 12.1. The second-order valence-electron chi connectivity index (χ2n) is 5.90. The van der Waals surface area contributed by atoms with E-state index in [9.17, 15) is 9.90 Å². The third-order valence-electron chi connectivity index (χ3n) is 4.25. The normalized spacial score (nSPS) is 16.3. The molecular weight excluding hydrogens is 320 g/mol. The third kappa shape index (κ3) is 3.60. The maximum Gasteiger partial charge on any atom is 0.258 e. The van der Waals surface area contributed by atoms with Crippen molar-refractivity contribution in [2.24, 2.45) is 5.73 Å². The van der Waals surface area contributed by atoms with Crippen LogP contribution in [0, 0.1) is 0 Å². The van der Waals surface area contributed by atoms with Gasteiger partial charge in [-0.2, -0.15) is 0 Å². The van der Waals surface area contributed by atoms with Crippen molar-refractivity contribution in [3.63, 3.8) is 0 Å². The molecule has 2 aromatic carbocycles. The molecule has 25 heavy (non-hydrogen) atoms. The fourth-order valence-electron chi connectivity index (χ4n) is 3.00. The summed E-state index contributed by atoms with van der Waals surface area (Å²) in [5.41, 5.74) is 7.76. The Morgan fingerprint density at radius 1 is 1.32 bits per heavy atom. The lowest BCUT2D eigenvalue weighted by atomic mass is 9.97. The smallest absolute Gasteiger partial charge is 0.258 e. The van der Waals surface area contributed by atoms with Crippen LogP contribution in [-0.2, 0) is 6.54 Å². The summed E-state index contributed by atoms with van der Waals surface area (Å²) in [7, 11) is 1.56. The third-order valence-corrected chi connectivity index (χ3v) is 4.25. The highest BCUT2D eigenvalue weighted by Gasteiger charge is 2.28. The molecule has 0 radical (unpaired) electrons. The lowest BCUT2D eigenvalue weighted by Crippen LogP contribution is -2.38. The highest BCUT2D eigenvalue weighted by molar-refractivity contribution is 5.97. The predicted octanol–water partition coefficient (Wildman–Crippen LogP) is 1.72. The summed E-state index contributed by atoms with van der Waals surface area (Å²) in [6, 6.07) is 12.7. The van der Waals surface area contributed by atoms with Crippen molar-refractivity contribution in [2.75, 3.05) is 26.8 Å². The molecule has 3 N–H and O–H groups in total. The molecular formula is C19H22N2O4. The number of benzene rings is 2. The van der Waals surface area contributed by atoms with Crippen molar-refractivity contribution in [3.05, 3.63) is 59.2 Å². The first kappa shape index (κ1) is 17.3. The molecule has 1 amide bonds. The van der Waals surface area contributed by atoms with E-state index in [0.717, 1.165) is 11.1 Å². The molecule has 1 aliphatic rings. The number of amides is 1. The minimum absolute atomic E-state index is 0.191. The second-order valence-corrected chi connectivity index (χ2v) is 5.90. The van der Waals surface area contributed by atoms with Gasteiger partial charge in [-0.25, -0.2) is 0 Å². The minimum Gasteiger partial charge on any atom is -0.497 e. The van der Waals surface area contributed by atoms with Gasteiger partial charge in [0.05, 0.1) is 25.3 Å². The number of aliphatic hydroxyl groups excluding tert-OH is 1. The second kappa shape index (κ2) is 7.55. The summed E-state index contributed by atoms with van der Waals surface area (Å²) in [5, 5.41) is 10.4. The molecule has 6 heteroatoms. The van der Waals surface area contributed by atoms with Crippen LogP contribution in [0.3, 0.4) is 0 Å². The van der Waals surface area contributed by atoms with Crippen molar-refractivity contribution < 1.29 is 19.4 Å². The largest absolute Gasteiger partial charge is 0.497 e. The number of methoxy groups -OCH3 is 1. The van der Waals surface area contributed by atoms with E-state index < -0.39 is 6.10 Å². The molecule has 132 valence electrons. The average Bonchev–Trinajstić information content (AvgIpc) is 2.65. The fourth-order valence-corrected chi connectivity index (χ4v) is 3.00. The summed E-state index contributed by atoms with van der Waals surface area (Å²) in [6.45, 7) is 1.35. The summed E-state index contributed by atoms with van der Waals surface area (Å²) >= 11 is 0. The zero-order valence-electron chi connectivity index (χ0n) is 14.1. The lowest BCUT2D eigenvalue weighted by molar-refractivity contribution is 0.0546. The number of hydrogen-bond acceptors (Lipinski definition) is 5. The lowest BCUT2D eigenvalue weighted by Gasteiger charge is -2.32. The van der Waals surface area contributed by atoms with Crippen molar-refractivity contribution in [1.82, 2.24) is 4.90 Å². The highest BCUT2D eigenvalue weighted by Crippen LogP contribution is 2.30. The van der Waals surface area contributed by atoms with E-state index >= 15 is 0 Å². The van der Waals surface area contributed by atoms with Gasteiger partial charge in [-0.3, -0.25) is 4.79 Å². The van der Waals surface area contributed by atoms with Crippen molar-refractivity contribution >= 4 is 5.91 Å². The summed E-state index contributed by atoms with van der Waals surface area (Å²) in [6.07, 6.45) is -0.694. The quantitative estimate of drug-likeness (QED) is 0.864. The Morgan fingerprint density at radius 2 is 2.12 bits per heavy atom. The van der Waals surface area contributed by atoms with Crippen LogP contribution in [-0.4, -0.2) is 42.7 Å². The molecule has 3 rings (SSSR count). The van der Waals surface area contributed by atoms with E-state index in [0.29, 0.717) is 36.8 Å². The van der Waals surface area contributed by atoms with Crippen molar-refractivity contribution in [2.45, 2.75) is 12.6 Å². The van der Waals surface area contributed by atoms with Gasteiger partial charge in [0, 0.05) is 19.2 Å². The zero-order valence-corrected chi connectivity index (χ0v) is 14.1. The average molecular weight is 342 g/mol. The molecule has 1 aliphatic heterocycles. The van der Waals surface area contributed by atoms with E-state index in [2.05, 4.69) is 0 Å². The van der Waals surface area contributed by atoms with E-state index in [1.54, 1.807) is 30.2 Å². The SMILES string of the molecule is COc1ccc(C(=O)N2Cc3ccccc3C(O)C2)c(OCCN)c1. The van der Waals surface area contributed by atoms with E-state index in [1.807, 2.05) is 24.3 Å². The van der Waals surface area contributed by atoms with Gasteiger partial charge in [0.2, 0.25) is 0 Å². The van der Waals surface area contributed by atoms with Gasteiger partial charge in [0.1, 0.15) is 18.1 Å². The van der Waals surface area contributed by atoms with Crippen molar-refractivity contribution in [1.29, 1.82) is 0 Å². The van der Waals surface area contributed by atoms with Crippen molar-refractivity contribution in [3.8, 4) is 11.5 Å². The van der Waals surface area contributed by atoms with Gasteiger partial charge in [0.25, 0.3) is 5.91 Å². The van der Waals surface area contributed by atoms with Gasteiger partial charge >= 0.3 is 0 Å². The van der Waals surface area contributed by atoms with E-state index in [4.69, 9.17) is 15.2 Å². The predicted molar refractivity (Wildman–Crippen MR) is 93.7 cm³/mol. The first-order valence-corrected chi connectivity index (χ1v) is 8.20. The van der Waals surface area contributed by atoms with Crippen LogP contribution in [0.25, 0.3) is 0 Å². The van der Waals surface area contributed by atoms with Crippen LogP contribution in [0.15, 0.2) is 42.5 Å². The van der Waals surface area contributed by atoms with Crippen LogP contribution in [0.1, 0.15) is 27.6 Å². The molecule has 1 unspecified atom stereocenters. The molecule has 0 aliphatic carbocycles. The Kier molecular flexibility index (Phi) is 5.21. The standard InChI is InChI=1S/C19H22N2O4/c1-24-14-6-7-16(18(10-14)25-9-8-20)19(23)21-11-13-4-2-3-5-15(13)17(22)12-21/h2-7,10,17,22H,8-9,11-12,20H2,1H3. The number of carbonyl (C=O) groups excluding carboxylic acids is 1. The van der Waals surface area contributed by atoms with Gasteiger partial charge in [-0.15, -0.1) is 0 Å². The van der Waals surface area contributed by atoms with Crippen LogP contribution < -0.4 is 15.2 Å². The number of ether oxygens (including phenoxy) is 2. The van der Waals surface area contributed by atoms with Crippen LogP contribution in [0.5, 0.6) is 11.5 Å². The Balaban J connectivity index is 1.88. The molecule has 0 aromatic heterocycles. The molecule has 0 fully saturated rings. The number of nitrogens with zero attached hydrogens (tertiary/aromatic N) is 1. The van der Waals surface area contributed by atoms with Crippen LogP contribution in [0.2, 0.25) is 0 Å². The van der Waals surface area contributed by atoms with E-state index in [-0.39, 0.29) is 12.5 Å². The molecule has 0 saturated carbocycles. The van der Waals surface area contributed by atoms with Crippen LogP contribution >= 0.6 is 0 Å². The summed E-state index contributed by atoms with van der Waals surface area (Å²) < 4.78 is 10.8. The summed E-state index contributed by atoms with van der Waals surface area (Å²) in [4.78, 5) is 14.6. The molecule has 0 bridgehead atoms. The van der Waals surface area contributed by atoms with E-state index in [1.165, 1.54) is 0 Å². The number of rotatable bonds is 5. The summed E-state index contributed by atoms with van der Waals surface area (Å²) in [5.74, 6) is 0.846. The Hall–Kier alpha value is -2.57. The fraction of sp³-hybridized carbons (Fsp3) is 0.316. The number of carbonyl (C=O) groups is 1. The maximum atomic E-state index is 13.0. The number of β-amino-alcohol motifs (C(OH)–C–C–N with tert-alkyl or cyclic N) is 1. The Labute approximate surface area is 146 Å². The van der Waals surface area contributed by atoms with Gasteiger partial charge in [0.15, 0.2) is 0 Å². The number of fused-ring (bicyclic) bond motifs is 1. The molecule has 0 saturated heterocycles. The minimum atomic E-state index is -0.694. The van der Waals surface area contributed by atoms with Gasteiger partial charge in [-0.05, 0) is 23.3 Å². The highest BCUT2D eigenvalue weighted by atomic mass is 16.5. The van der Waals surface area contributed by atoms with Gasteiger partial charge < -0.3 is 25.2 Å². The monoisotopic (exact) mass is 342 g/mol. The zero-order chi connectivity index (χ0) is 17.8. The molecule has 1 heterocycles. The van der Waals surface area contributed by atoms with Gasteiger partial charge in [-0.1, -0.05) is 24.3 Å². The molecule has 0 spiro atoms. The van der Waals surface area contributed by atoms with Crippen LogP contribution in [0.4, 0.5) is 0 Å². The molecule has 2 aromatic rings. The Bertz CT molecular complexity index is 763. The number of aliphatic hydroxyl groups is 1. The first-order valence-electron chi connectivity index (χ1n) is 8.20. The number of hydrogen-bond donors (Lipinski definition) is 2. The molecule has 1 atom stereocenters. The number of nitrogens with two attached hydrogens (primary N) is 1. The Morgan fingerprint density at radius 3 is 2.88 bits per heavy atom. The molecule has 6 nitrogen and oxygen atoms in total. The topological polar surface area (TPSA) is 85.0 Å². The maximum absolute atomic E-state index is 13.0.